The van der Waals surface area contributed by atoms with E-state index >= 15 is 0 Å². The molecule has 13 heavy (non-hydrogen) atoms. The first-order valence-corrected chi connectivity index (χ1v) is 4.02. The van der Waals surface area contributed by atoms with Crippen LogP contribution in [0.1, 0.15) is 0 Å². The lowest BCUT2D eigenvalue weighted by Gasteiger charge is -2.41. The zero-order chi connectivity index (χ0) is 10.2. The Labute approximate surface area is 74.7 Å². The SMILES string of the molecule is OCC1[C@@H](O)[C@H](O)C(O)[C@H](O)[C@H]1O. The van der Waals surface area contributed by atoms with Crippen LogP contribution >= 0.6 is 0 Å². The molecular formula is C7H14O6. The lowest BCUT2D eigenvalue weighted by Crippen LogP contribution is -2.61. The van der Waals surface area contributed by atoms with E-state index in [9.17, 15) is 10.2 Å². The Bertz CT molecular complexity index is 158. The average Bonchev–Trinajstić information content (AvgIpc) is 2.13. The highest BCUT2D eigenvalue weighted by atomic mass is 16.4. The fourth-order valence-corrected chi connectivity index (χ4v) is 1.53. The fourth-order valence-electron chi connectivity index (χ4n) is 1.53. The van der Waals surface area contributed by atoms with E-state index in [1.165, 1.54) is 0 Å². The van der Waals surface area contributed by atoms with Gasteiger partial charge in [0.05, 0.1) is 18.8 Å². The highest BCUT2D eigenvalue weighted by molar-refractivity contribution is 4.97. The summed E-state index contributed by atoms with van der Waals surface area (Å²) >= 11 is 0. The van der Waals surface area contributed by atoms with Gasteiger partial charge in [-0.1, -0.05) is 0 Å². The average molecular weight is 194 g/mol. The summed E-state index contributed by atoms with van der Waals surface area (Å²) in [5, 5.41) is 54.6. The first-order valence-electron chi connectivity index (χ1n) is 4.02. The van der Waals surface area contributed by atoms with Crippen molar-refractivity contribution in [3.8, 4) is 0 Å². The molecule has 0 heterocycles. The molecule has 0 radical (unpaired) electrons. The van der Waals surface area contributed by atoms with Gasteiger partial charge in [0, 0.05) is 5.92 Å². The molecule has 6 nitrogen and oxygen atoms in total. The van der Waals surface area contributed by atoms with E-state index in [1.54, 1.807) is 0 Å². The van der Waals surface area contributed by atoms with Gasteiger partial charge in [0.2, 0.25) is 0 Å². The topological polar surface area (TPSA) is 121 Å². The number of hydrogen-bond acceptors (Lipinski definition) is 6. The Kier molecular flexibility index (Phi) is 3.23. The minimum Gasteiger partial charge on any atom is -0.396 e. The molecule has 0 spiro atoms. The van der Waals surface area contributed by atoms with E-state index in [-0.39, 0.29) is 0 Å². The van der Waals surface area contributed by atoms with Crippen molar-refractivity contribution in [1.82, 2.24) is 0 Å². The van der Waals surface area contributed by atoms with Gasteiger partial charge in [-0.2, -0.15) is 0 Å². The molecule has 78 valence electrons. The highest BCUT2D eigenvalue weighted by Gasteiger charge is 2.47. The smallest absolute Gasteiger partial charge is 0.111 e. The third kappa shape index (κ3) is 1.69. The second-order valence-electron chi connectivity index (χ2n) is 3.30. The zero-order valence-electron chi connectivity index (χ0n) is 6.85. The summed E-state index contributed by atoms with van der Waals surface area (Å²) in [6.45, 7) is -0.566. The van der Waals surface area contributed by atoms with Gasteiger partial charge < -0.3 is 30.6 Å². The van der Waals surface area contributed by atoms with Gasteiger partial charge >= 0.3 is 0 Å². The Morgan fingerprint density at radius 1 is 0.615 bits per heavy atom. The molecule has 1 rings (SSSR count). The molecule has 0 aromatic rings. The quantitative estimate of drug-likeness (QED) is 0.256. The summed E-state index contributed by atoms with van der Waals surface area (Å²) in [5.74, 6) is -1.03. The molecule has 1 aliphatic carbocycles. The molecule has 0 aromatic heterocycles. The largest absolute Gasteiger partial charge is 0.396 e. The van der Waals surface area contributed by atoms with Crippen molar-refractivity contribution in [3.05, 3.63) is 0 Å². The van der Waals surface area contributed by atoms with E-state index in [1.807, 2.05) is 0 Å². The van der Waals surface area contributed by atoms with Crippen molar-refractivity contribution in [2.75, 3.05) is 6.61 Å². The Morgan fingerprint density at radius 2 is 0.923 bits per heavy atom. The summed E-state index contributed by atoms with van der Waals surface area (Å²) in [7, 11) is 0. The molecule has 6 heteroatoms. The molecule has 1 saturated carbocycles. The predicted molar refractivity (Wildman–Crippen MR) is 40.6 cm³/mol. The summed E-state index contributed by atoms with van der Waals surface area (Å²) in [5.41, 5.74) is 0. The third-order valence-electron chi connectivity index (χ3n) is 2.49. The van der Waals surface area contributed by atoms with Crippen LogP contribution in [0.15, 0.2) is 0 Å². The van der Waals surface area contributed by atoms with Crippen molar-refractivity contribution >= 4 is 0 Å². The maximum Gasteiger partial charge on any atom is 0.111 e. The molecule has 6 atom stereocenters. The van der Waals surface area contributed by atoms with Gasteiger partial charge in [0.25, 0.3) is 0 Å². The predicted octanol–water partition coefficient (Wildman–Crippen LogP) is -3.59. The zero-order valence-corrected chi connectivity index (χ0v) is 6.85. The van der Waals surface area contributed by atoms with Crippen LogP contribution in [0.3, 0.4) is 0 Å². The number of aliphatic hydroxyl groups is 6. The van der Waals surface area contributed by atoms with Crippen molar-refractivity contribution in [1.29, 1.82) is 0 Å². The lowest BCUT2D eigenvalue weighted by molar-refractivity contribution is -0.209. The number of rotatable bonds is 1. The van der Waals surface area contributed by atoms with E-state index in [4.69, 9.17) is 20.4 Å². The van der Waals surface area contributed by atoms with Gasteiger partial charge in [-0.05, 0) is 0 Å². The molecule has 1 fully saturated rings. The van der Waals surface area contributed by atoms with Crippen LogP contribution in [0.4, 0.5) is 0 Å². The van der Waals surface area contributed by atoms with E-state index in [0.29, 0.717) is 0 Å². The van der Waals surface area contributed by atoms with Crippen molar-refractivity contribution < 1.29 is 30.6 Å². The third-order valence-corrected chi connectivity index (χ3v) is 2.49. The van der Waals surface area contributed by atoms with Crippen LogP contribution in [-0.4, -0.2) is 67.8 Å². The summed E-state index contributed by atoms with van der Waals surface area (Å²) in [6.07, 6.45) is -7.55. The molecule has 0 aliphatic heterocycles. The normalized spacial score (nSPS) is 52.2. The Morgan fingerprint density at radius 3 is 1.23 bits per heavy atom. The molecule has 1 aliphatic rings. The molecule has 0 aromatic carbocycles. The van der Waals surface area contributed by atoms with E-state index in [0.717, 1.165) is 0 Å². The highest BCUT2D eigenvalue weighted by Crippen LogP contribution is 2.25. The molecule has 6 N–H and O–H groups in total. The second kappa shape index (κ2) is 3.87. The van der Waals surface area contributed by atoms with Gasteiger partial charge in [-0.3, -0.25) is 0 Å². The van der Waals surface area contributed by atoms with Crippen molar-refractivity contribution in [2.45, 2.75) is 30.5 Å². The van der Waals surface area contributed by atoms with Gasteiger partial charge in [0.1, 0.15) is 18.3 Å². The molecule has 0 bridgehead atoms. The molecule has 0 amide bonds. The van der Waals surface area contributed by atoms with Crippen LogP contribution < -0.4 is 0 Å². The first-order chi connectivity index (χ1) is 6.00. The Hall–Kier alpha value is -0.240. The Balaban J connectivity index is 2.79. The summed E-state index contributed by atoms with van der Waals surface area (Å²) in [6, 6.07) is 0. The minimum atomic E-state index is -1.59. The first kappa shape index (κ1) is 10.8. The van der Waals surface area contributed by atoms with Crippen LogP contribution in [-0.2, 0) is 0 Å². The molecule has 2 unspecified atom stereocenters. The maximum absolute atomic E-state index is 9.25. The van der Waals surface area contributed by atoms with Gasteiger partial charge in [0.15, 0.2) is 0 Å². The van der Waals surface area contributed by atoms with Gasteiger partial charge in [-0.15, -0.1) is 0 Å². The molecule has 0 saturated heterocycles. The van der Waals surface area contributed by atoms with E-state index in [2.05, 4.69) is 0 Å². The number of aliphatic hydroxyl groups excluding tert-OH is 6. The summed E-state index contributed by atoms with van der Waals surface area (Å²) < 4.78 is 0. The van der Waals surface area contributed by atoms with Crippen LogP contribution in [0.5, 0.6) is 0 Å². The lowest BCUT2D eigenvalue weighted by atomic mass is 9.79. The van der Waals surface area contributed by atoms with Crippen molar-refractivity contribution in [3.63, 3.8) is 0 Å². The minimum absolute atomic E-state index is 0.566. The standard InChI is InChI=1S/C7H14O6/c8-1-2-3(9)5(11)7(13)6(12)4(2)10/h2-13H,1H2/t2?,3-,4+,5+,6-,7?. The number of hydrogen-bond donors (Lipinski definition) is 6. The van der Waals surface area contributed by atoms with Crippen molar-refractivity contribution in [2.24, 2.45) is 5.92 Å². The van der Waals surface area contributed by atoms with Crippen LogP contribution in [0.25, 0.3) is 0 Å². The molecular weight excluding hydrogens is 180 g/mol. The van der Waals surface area contributed by atoms with Crippen LogP contribution in [0, 0.1) is 5.92 Å². The van der Waals surface area contributed by atoms with Gasteiger partial charge in [-0.25, -0.2) is 0 Å². The summed E-state index contributed by atoms with van der Waals surface area (Å²) in [4.78, 5) is 0. The monoisotopic (exact) mass is 194 g/mol. The fraction of sp³-hybridized carbons (Fsp3) is 1.00. The van der Waals surface area contributed by atoms with Crippen LogP contribution in [0.2, 0.25) is 0 Å². The second-order valence-corrected chi connectivity index (χ2v) is 3.30. The van der Waals surface area contributed by atoms with E-state index < -0.39 is 43.0 Å². The maximum atomic E-state index is 9.25.